The molecule has 2 nitrogen and oxygen atoms in total. The third-order valence-corrected chi connectivity index (χ3v) is 2.31. The molecule has 14 heavy (non-hydrogen) atoms. The number of hydrogen-bond acceptors (Lipinski definition) is 2. The van der Waals surface area contributed by atoms with Gasteiger partial charge in [-0.1, -0.05) is 6.07 Å². The molecular weight excluding hydrogens is 179 g/mol. The molecule has 1 atom stereocenters. The van der Waals surface area contributed by atoms with Gasteiger partial charge in [0.25, 0.3) is 0 Å². The van der Waals surface area contributed by atoms with Crippen molar-refractivity contribution in [1.82, 2.24) is 5.32 Å². The van der Waals surface area contributed by atoms with Gasteiger partial charge in [0.15, 0.2) is 0 Å². The number of rotatable bonds is 4. The molecule has 0 aromatic heterocycles. The number of nitrogens with one attached hydrogen (secondary N) is 1. The fraction of sp³-hybridized carbons (Fsp3) is 0.455. The van der Waals surface area contributed by atoms with Crippen LogP contribution in [0.2, 0.25) is 0 Å². The van der Waals surface area contributed by atoms with Crippen LogP contribution in [0.4, 0.5) is 4.39 Å². The van der Waals surface area contributed by atoms with Crippen LogP contribution in [0, 0.1) is 12.7 Å². The summed E-state index contributed by atoms with van der Waals surface area (Å²) in [5.41, 5.74) is 7.56. The van der Waals surface area contributed by atoms with E-state index in [1.54, 1.807) is 12.1 Å². The molecular formula is C11H17FN2. The fourth-order valence-electron chi connectivity index (χ4n) is 1.20. The Kier molecular flexibility index (Phi) is 4.04. The number of nitrogens with two attached hydrogens (primary N) is 1. The van der Waals surface area contributed by atoms with Crippen molar-refractivity contribution < 1.29 is 4.39 Å². The highest BCUT2D eigenvalue weighted by atomic mass is 19.1. The Morgan fingerprint density at radius 1 is 1.50 bits per heavy atom. The lowest BCUT2D eigenvalue weighted by Gasteiger charge is -2.12. The summed E-state index contributed by atoms with van der Waals surface area (Å²) in [7, 11) is 0. The number of aryl methyl sites for hydroxylation is 1. The Hall–Kier alpha value is -0.930. The van der Waals surface area contributed by atoms with Crippen LogP contribution in [-0.2, 0) is 6.54 Å². The average Bonchev–Trinajstić information content (AvgIpc) is 2.19. The van der Waals surface area contributed by atoms with Crippen LogP contribution in [-0.4, -0.2) is 12.6 Å². The van der Waals surface area contributed by atoms with Crippen molar-refractivity contribution in [2.45, 2.75) is 26.4 Å². The number of hydrogen-bond donors (Lipinski definition) is 2. The third kappa shape index (κ3) is 3.09. The van der Waals surface area contributed by atoms with E-state index in [0.717, 1.165) is 11.1 Å². The van der Waals surface area contributed by atoms with Crippen LogP contribution in [0.15, 0.2) is 18.2 Å². The van der Waals surface area contributed by atoms with E-state index in [2.05, 4.69) is 5.32 Å². The first-order valence-corrected chi connectivity index (χ1v) is 4.82. The lowest BCUT2D eigenvalue weighted by molar-refractivity contribution is 0.551. The highest BCUT2D eigenvalue weighted by Gasteiger charge is 2.02. The third-order valence-electron chi connectivity index (χ3n) is 2.31. The van der Waals surface area contributed by atoms with Crippen molar-refractivity contribution in [3.8, 4) is 0 Å². The van der Waals surface area contributed by atoms with Gasteiger partial charge in [-0.15, -0.1) is 0 Å². The van der Waals surface area contributed by atoms with E-state index in [1.807, 2.05) is 13.8 Å². The van der Waals surface area contributed by atoms with Gasteiger partial charge in [0.2, 0.25) is 0 Å². The smallest absolute Gasteiger partial charge is 0.123 e. The molecule has 0 amide bonds. The lowest BCUT2D eigenvalue weighted by atomic mass is 10.1. The zero-order valence-electron chi connectivity index (χ0n) is 8.68. The molecule has 3 N–H and O–H groups in total. The maximum Gasteiger partial charge on any atom is 0.123 e. The summed E-state index contributed by atoms with van der Waals surface area (Å²) in [6, 6.07) is 5.09. The molecule has 0 bridgehead atoms. The zero-order chi connectivity index (χ0) is 10.6. The fourth-order valence-corrected chi connectivity index (χ4v) is 1.20. The van der Waals surface area contributed by atoms with Crippen LogP contribution in [0.25, 0.3) is 0 Å². The highest BCUT2D eigenvalue weighted by molar-refractivity contribution is 5.26. The van der Waals surface area contributed by atoms with Crippen molar-refractivity contribution in [3.63, 3.8) is 0 Å². The van der Waals surface area contributed by atoms with Crippen LogP contribution in [0.1, 0.15) is 18.1 Å². The van der Waals surface area contributed by atoms with E-state index in [-0.39, 0.29) is 11.9 Å². The zero-order valence-corrected chi connectivity index (χ0v) is 8.68. The van der Waals surface area contributed by atoms with Crippen LogP contribution < -0.4 is 11.1 Å². The van der Waals surface area contributed by atoms with Crippen LogP contribution in [0.5, 0.6) is 0 Å². The van der Waals surface area contributed by atoms with Crippen molar-refractivity contribution in [1.29, 1.82) is 0 Å². The minimum atomic E-state index is -0.187. The van der Waals surface area contributed by atoms with Crippen molar-refractivity contribution >= 4 is 0 Å². The molecule has 1 aromatic carbocycles. The Morgan fingerprint density at radius 2 is 2.21 bits per heavy atom. The molecule has 3 heteroatoms. The summed E-state index contributed by atoms with van der Waals surface area (Å²) in [5.74, 6) is -0.187. The molecule has 0 saturated carbocycles. The van der Waals surface area contributed by atoms with Gasteiger partial charge in [-0.2, -0.15) is 0 Å². The molecule has 1 unspecified atom stereocenters. The predicted molar refractivity (Wildman–Crippen MR) is 56.5 cm³/mol. The molecule has 0 fully saturated rings. The summed E-state index contributed by atoms with van der Waals surface area (Å²) in [6.45, 7) is 5.24. The SMILES string of the molecule is Cc1ccc(F)cc1CNC(C)CN. The highest BCUT2D eigenvalue weighted by Crippen LogP contribution is 2.09. The summed E-state index contributed by atoms with van der Waals surface area (Å²) >= 11 is 0. The summed E-state index contributed by atoms with van der Waals surface area (Å²) in [6.07, 6.45) is 0. The van der Waals surface area contributed by atoms with Gasteiger partial charge in [0, 0.05) is 19.1 Å². The van der Waals surface area contributed by atoms with Crippen molar-refractivity contribution in [3.05, 3.63) is 35.1 Å². The van der Waals surface area contributed by atoms with Crippen LogP contribution in [0.3, 0.4) is 0 Å². The Morgan fingerprint density at radius 3 is 2.86 bits per heavy atom. The molecule has 1 rings (SSSR count). The van der Waals surface area contributed by atoms with Gasteiger partial charge in [-0.3, -0.25) is 0 Å². The predicted octanol–water partition coefficient (Wildman–Crippen LogP) is 1.57. The Balaban J connectivity index is 2.62. The summed E-state index contributed by atoms with van der Waals surface area (Å²) in [5, 5.41) is 3.22. The quantitative estimate of drug-likeness (QED) is 0.767. The van der Waals surface area contributed by atoms with Gasteiger partial charge in [-0.25, -0.2) is 4.39 Å². The molecule has 0 aliphatic heterocycles. The summed E-state index contributed by atoms with van der Waals surface area (Å²) < 4.78 is 12.9. The Bertz CT molecular complexity index is 299. The molecule has 0 aliphatic rings. The second-order valence-electron chi connectivity index (χ2n) is 3.59. The first-order chi connectivity index (χ1) is 6.63. The van der Waals surface area contributed by atoms with Gasteiger partial charge in [-0.05, 0) is 37.1 Å². The van der Waals surface area contributed by atoms with Gasteiger partial charge < -0.3 is 11.1 Å². The number of benzene rings is 1. The first kappa shape index (κ1) is 11.1. The second kappa shape index (κ2) is 5.08. The van der Waals surface area contributed by atoms with E-state index >= 15 is 0 Å². The van der Waals surface area contributed by atoms with E-state index in [4.69, 9.17) is 5.73 Å². The normalized spacial score (nSPS) is 12.9. The minimum absolute atomic E-state index is 0.187. The average molecular weight is 196 g/mol. The van der Waals surface area contributed by atoms with Crippen molar-refractivity contribution in [2.75, 3.05) is 6.54 Å². The minimum Gasteiger partial charge on any atom is -0.329 e. The topological polar surface area (TPSA) is 38.0 Å². The molecule has 0 heterocycles. The maximum atomic E-state index is 12.9. The van der Waals surface area contributed by atoms with Crippen molar-refractivity contribution in [2.24, 2.45) is 5.73 Å². The van der Waals surface area contributed by atoms with Gasteiger partial charge in [0.1, 0.15) is 5.82 Å². The molecule has 0 spiro atoms. The monoisotopic (exact) mass is 196 g/mol. The summed E-state index contributed by atoms with van der Waals surface area (Å²) in [4.78, 5) is 0. The molecule has 1 aromatic rings. The maximum absolute atomic E-state index is 12.9. The number of halogens is 1. The molecule has 0 aliphatic carbocycles. The van der Waals surface area contributed by atoms with E-state index in [1.165, 1.54) is 6.07 Å². The second-order valence-corrected chi connectivity index (χ2v) is 3.59. The van der Waals surface area contributed by atoms with E-state index in [9.17, 15) is 4.39 Å². The molecule has 78 valence electrons. The molecule has 0 radical (unpaired) electrons. The van der Waals surface area contributed by atoms with Gasteiger partial charge >= 0.3 is 0 Å². The van der Waals surface area contributed by atoms with Gasteiger partial charge in [0.05, 0.1) is 0 Å². The molecule has 0 saturated heterocycles. The largest absolute Gasteiger partial charge is 0.329 e. The Labute approximate surface area is 84.3 Å². The lowest BCUT2D eigenvalue weighted by Crippen LogP contribution is -2.32. The van der Waals surface area contributed by atoms with E-state index in [0.29, 0.717) is 13.1 Å². The van der Waals surface area contributed by atoms with E-state index < -0.39 is 0 Å². The van der Waals surface area contributed by atoms with Crippen LogP contribution >= 0.6 is 0 Å². The standard InChI is InChI=1S/C11H17FN2/c1-8-3-4-11(12)5-10(8)7-14-9(2)6-13/h3-5,9,14H,6-7,13H2,1-2H3. The first-order valence-electron chi connectivity index (χ1n) is 4.82.